The number of nitrogens with zero attached hydrogens (tertiary/aromatic N) is 1. The Hall–Kier alpha value is -2.62. The van der Waals surface area contributed by atoms with Crippen LogP contribution in [0.5, 0.6) is 5.75 Å². The van der Waals surface area contributed by atoms with Gasteiger partial charge in [0.2, 0.25) is 5.91 Å². The number of carbonyl (C=O) groups excluding carboxylic acids is 1. The number of nitrogens with one attached hydrogen (secondary N) is 1. The van der Waals surface area contributed by atoms with Crippen molar-refractivity contribution in [2.24, 2.45) is 0 Å². The van der Waals surface area contributed by atoms with Gasteiger partial charge in [0.25, 0.3) is 10.0 Å². The molecule has 10 heteroatoms. The fourth-order valence-corrected chi connectivity index (χ4v) is 4.78. The normalized spacial score (nSPS) is 11.1. The number of hydrogen-bond donors (Lipinski definition) is 1. The van der Waals surface area contributed by atoms with Gasteiger partial charge in [0.15, 0.2) is 0 Å². The molecule has 3 aromatic rings. The van der Waals surface area contributed by atoms with E-state index in [4.69, 9.17) is 16.3 Å². The number of amides is 1. The van der Waals surface area contributed by atoms with Crippen molar-refractivity contribution in [1.82, 2.24) is 0 Å². The predicted octanol–water partition coefficient (Wildman–Crippen LogP) is 5.47. The largest absolute Gasteiger partial charge is 0.492 e. The van der Waals surface area contributed by atoms with Crippen molar-refractivity contribution in [3.05, 3.63) is 82.0 Å². The summed E-state index contributed by atoms with van der Waals surface area (Å²) in [5.74, 6) is -1.10. The van der Waals surface area contributed by atoms with Gasteiger partial charge < -0.3 is 10.1 Å². The number of para-hydroxylation sites is 2. The van der Waals surface area contributed by atoms with Gasteiger partial charge in [-0.1, -0.05) is 39.7 Å². The third-order valence-corrected chi connectivity index (χ3v) is 6.85. The number of halogens is 3. The van der Waals surface area contributed by atoms with Gasteiger partial charge in [0.05, 0.1) is 22.9 Å². The summed E-state index contributed by atoms with van der Waals surface area (Å²) in [7, 11) is -4.18. The summed E-state index contributed by atoms with van der Waals surface area (Å²) < 4.78 is 48.1. The van der Waals surface area contributed by atoms with E-state index < -0.39 is 28.3 Å². The number of sulfonamides is 1. The fraction of sp³-hybridized carbons (Fsp3) is 0.136. The van der Waals surface area contributed by atoms with Crippen molar-refractivity contribution in [3.63, 3.8) is 0 Å². The molecular weight excluding hydrogens is 523 g/mol. The Bertz CT molecular complexity index is 1220. The maximum atomic E-state index is 14.2. The lowest BCUT2D eigenvalue weighted by atomic mass is 10.3. The first-order valence-electron chi connectivity index (χ1n) is 9.47. The van der Waals surface area contributed by atoms with E-state index in [1.807, 2.05) is 0 Å². The molecule has 0 aromatic heterocycles. The van der Waals surface area contributed by atoms with Crippen molar-refractivity contribution < 1.29 is 22.3 Å². The molecule has 168 valence electrons. The van der Waals surface area contributed by atoms with Gasteiger partial charge in [0, 0.05) is 9.50 Å². The molecule has 0 heterocycles. The van der Waals surface area contributed by atoms with Crippen LogP contribution in [-0.4, -0.2) is 27.5 Å². The van der Waals surface area contributed by atoms with E-state index in [1.165, 1.54) is 42.5 Å². The van der Waals surface area contributed by atoms with Crippen molar-refractivity contribution in [1.29, 1.82) is 0 Å². The van der Waals surface area contributed by atoms with Crippen molar-refractivity contribution >= 4 is 54.8 Å². The average Bonchev–Trinajstić information content (AvgIpc) is 2.75. The average molecular weight is 542 g/mol. The van der Waals surface area contributed by atoms with Crippen LogP contribution in [-0.2, 0) is 14.8 Å². The van der Waals surface area contributed by atoms with E-state index in [9.17, 15) is 17.6 Å². The summed E-state index contributed by atoms with van der Waals surface area (Å²) in [6.07, 6.45) is 0. The standard InChI is InChI=1S/C22H19BrClFN2O4S/c1-2-31-21-6-4-3-5-20(21)27(32(29,30)17-10-8-16(24)9-11-17)14-22(28)26-19-12-7-15(23)13-18(19)25/h3-13H,2,14H2,1H3,(H,26,28). The fourth-order valence-electron chi connectivity index (χ4n) is 2.89. The van der Waals surface area contributed by atoms with E-state index in [1.54, 1.807) is 31.2 Å². The van der Waals surface area contributed by atoms with Crippen LogP contribution in [0.2, 0.25) is 5.02 Å². The van der Waals surface area contributed by atoms with Gasteiger partial charge in [-0.25, -0.2) is 12.8 Å². The highest BCUT2D eigenvalue weighted by atomic mass is 79.9. The van der Waals surface area contributed by atoms with E-state index >= 15 is 0 Å². The first-order valence-corrected chi connectivity index (χ1v) is 12.1. The summed E-state index contributed by atoms with van der Waals surface area (Å²) in [6, 6.07) is 16.2. The molecule has 0 saturated carbocycles. The zero-order valence-electron chi connectivity index (χ0n) is 16.9. The van der Waals surface area contributed by atoms with Crippen molar-refractivity contribution in [2.75, 3.05) is 22.8 Å². The van der Waals surface area contributed by atoms with E-state index in [0.717, 1.165) is 4.31 Å². The molecule has 0 aliphatic carbocycles. The number of anilines is 2. The van der Waals surface area contributed by atoms with Crippen molar-refractivity contribution in [3.8, 4) is 5.75 Å². The number of carbonyl (C=O) groups is 1. The van der Waals surface area contributed by atoms with Crippen LogP contribution >= 0.6 is 27.5 Å². The van der Waals surface area contributed by atoms with Gasteiger partial charge in [-0.2, -0.15) is 0 Å². The molecule has 32 heavy (non-hydrogen) atoms. The summed E-state index contributed by atoms with van der Waals surface area (Å²) in [5, 5.41) is 2.79. The summed E-state index contributed by atoms with van der Waals surface area (Å²) >= 11 is 9.04. The Balaban J connectivity index is 2.01. The third kappa shape index (κ3) is 5.59. The third-order valence-electron chi connectivity index (χ3n) is 4.33. The lowest BCUT2D eigenvalue weighted by Gasteiger charge is -2.26. The highest BCUT2D eigenvalue weighted by Crippen LogP contribution is 2.33. The maximum absolute atomic E-state index is 14.2. The molecule has 0 bridgehead atoms. The topological polar surface area (TPSA) is 75.7 Å². The molecule has 1 N–H and O–H groups in total. The number of benzene rings is 3. The number of ether oxygens (including phenoxy) is 1. The zero-order valence-corrected chi connectivity index (χ0v) is 20.0. The number of hydrogen-bond acceptors (Lipinski definition) is 4. The molecule has 6 nitrogen and oxygen atoms in total. The minimum Gasteiger partial charge on any atom is -0.492 e. The Labute approximate surface area is 199 Å². The van der Waals surface area contributed by atoms with Gasteiger partial charge in [-0.3, -0.25) is 9.10 Å². The van der Waals surface area contributed by atoms with Gasteiger partial charge in [0.1, 0.15) is 18.1 Å². The summed E-state index contributed by atoms with van der Waals surface area (Å²) in [5.41, 5.74) is 0.107. The highest BCUT2D eigenvalue weighted by molar-refractivity contribution is 9.10. The molecule has 3 aromatic carbocycles. The molecule has 0 radical (unpaired) electrons. The second kappa shape index (κ2) is 10.3. The minimum absolute atomic E-state index is 0.0594. The molecule has 3 rings (SSSR count). The lowest BCUT2D eigenvalue weighted by molar-refractivity contribution is -0.114. The smallest absolute Gasteiger partial charge is 0.264 e. The first kappa shape index (κ1) is 24.0. The second-order valence-corrected chi connectivity index (χ2v) is 9.75. The molecule has 0 aliphatic heterocycles. The highest BCUT2D eigenvalue weighted by Gasteiger charge is 2.29. The SMILES string of the molecule is CCOc1ccccc1N(CC(=O)Nc1ccc(Br)cc1F)S(=O)(=O)c1ccc(Cl)cc1. The Morgan fingerprint density at radius 1 is 1.12 bits per heavy atom. The predicted molar refractivity (Wildman–Crippen MR) is 126 cm³/mol. The van der Waals surface area contributed by atoms with Crippen LogP contribution in [0.25, 0.3) is 0 Å². The maximum Gasteiger partial charge on any atom is 0.264 e. The van der Waals surface area contributed by atoms with E-state index in [-0.39, 0.29) is 22.0 Å². The van der Waals surface area contributed by atoms with Gasteiger partial charge in [-0.05, 0) is 61.5 Å². The van der Waals surface area contributed by atoms with Crippen molar-refractivity contribution in [2.45, 2.75) is 11.8 Å². The monoisotopic (exact) mass is 540 g/mol. The van der Waals surface area contributed by atoms with Gasteiger partial charge in [-0.15, -0.1) is 0 Å². The Morgan fingerprint density at radius 3 is 2.47 bits per heavy atom. The van der Waals surface area contributed by atoms with E-state index in [0.29, 0.717) is 16.1 Å². The van der Waals surface area contributed by atoms with Crippen LogP contribution in [0.15, 0.2) is 76.1 Å². The van der Waals surface area contributed by atoms with Crippen LogP contribution in [0.4, 0.5) is 15.8 Å². The second-order valence-electron chi connectivity index (χ2n) is 6.54. The number of rotatable bonds is 8. The molecule has 0 atom stereocenters. The molecule has 1 amide bonds. The summed E-state index contributed by atoms with van der Waals surface area (Å²) in [6.45, 7) is 1.45. The van der Waals surface area contributed by atoms with Crippen LogP contribution in [0.3, 0.4) is 0 Å². The van der Waals surface area contributed by atoms with Gasteiger partial charge >= 0.3 is 0 Å². The lowest BCUT2D eigenvalue weighted by Crippen LogP contribution is -2.38. The molecular formula is C22H19BrClFN2O4S. The summed E-state index contributed by atoms with van der Waals surface area (Å²) in [4.78, 5) is 12.7. The molecule has 0 aliphatic rings. The Morgan fingerprint density at radius 2 is 1.81 bits per heavy atom. The van der Waals surface area contributed by atoms with Crippen LogP contribution in [0, 0.1) is 5.82 Å². The molecule has 0 saturated heterocycles. The van der Waals surface area contributed by atoms with E-state index in [2.05, 4.69) is 21.2 Å². The molecule has 0 unspecified atom stereocenters. The van der Waals surface area contributed by atoms with Crippen LogP contribution < -0.4 is 14.4 Å². The first-order chi connectivity index (χ1) is 15.2. The zero-order chi connectivity index (χ0) is 23.3. The Kier molecular flexibility index (Phi) is 7.76. The van der Waals surface area contributed by atoms with Crippen LogP contribution in [0.1, 0.15) is 6.92 Å². The quantitative estimate of drug-likeness (QED) is 0.410. The molecule has 0 fully saturated rings. The molecule has 0 spiro atoms. The minimum atomic E-state index is -4.18.